The van der Waals surface area contributed by atoms with Gasteiger partial charge in [0.1, 0.15) is 11.3 Å². The minimum absolute atomic E-state index is 0.598. The molecule has 0 aliphatic heterocycles. The molecule has 1 aromatic rings. The molecule has 14 heavy (non-hydrogen) atoms. The average Bonchev–Trinajstić information content (AvgIpc) is 2.43. The van der Waals surface area contributed by atoms with Crippen molar-refractivity contribution in [3.05, 3.63) is 10.3 Å². The first-order chi connectivity index (χ1) is 6.49. The zero-order valence-corrected chi connectivity index (χ0v) is 10.2. The summed E-state index contributed by atoms with van der Waals surface area (Å²) in [5.74, 6) is 0. The SMILES string of the molecule is CNCCC(C)(O)c1c(Br)nnn1C. The van der Waals surface area contributed by atoms with Crippen LogP contribution >= 0.6 is 15.9 Å². The number of hydrogen-bond acceptors (Lipinski definition) is 4. The number of halogens is 1. The van der Waals surface area contributed by atoms with E-state index in [4.69, 9.17) is 0 Å². The predicted octanol–water partition coefficient (Wildman–Crippen LogP) is 0.395. The van der Waals surface area contributed by atoms with E-state index in [1.807, 2.05) is 7.05 Å². The molecule has 2 N–H and O–H groups in total. The third-order valence-corrected chi connectivity index (χ3v) is 2.69. The summed E-state index contributed by atoms with van der Waals surface area (Å²) in [7, 11) is 3.62. The number of nitrogens with one attached hydrogen (secondary N) is 1. The van der Waals surface area contributed by atoms with Crippen molar-refractivity contribution < 1.29 is 5.11 Å². The van der Waals surface area contributed by atoms with Crippen molar-refractivity contribution in [2.45, 2.75) is 18.9 Å². The number of aromatic nitrogens is 3. The summed E-state index contributed by atoms with van der Waals surface area (Å²) in [6, 6.07) is 0. The van der Waals surface area contributed by atoms with E-state index >= 15 is 0 Å². The van der Waals surface area contributed by atoms with Gasteiger partial charge < -0.3 is 10.4 Å². The zero-order valence-electron chi connectivity index (χ0n) is 8.58. The molecule has 1 aromatic heterocycles. The fraction of sp³-hybridized carbons (Fsp3) is 0.750. The second-order valence-electron chi connectivity index (χ2n) is 3.48. The van der Waals surface area contributed by atoms with E-state index in [-0.39, 0.29) is 0 Å². The molecule has 0 fully saturated rings. The molecule has 1 atom stereocenters. The largest absolute Gasteiger partial charge is 0.384 e. The number of aryl methyl sites for hydroxylation is 1. The van der Waals surface area contributed by atoms with E-state index in [2.05, 4.69) is 31.6 Å². The number of hydrogen-bond donors (Lipinski definition) is 2. The summed E-state index contributed by atoms with van der Waals surface area (Å²) in [4.78, 5) is 0. The summed E-state index contributed by atoms with van der Waals surface area (Å²) in [6.45, 7) is 2.50. The van der Waals surface area contributed by atoms with Crippen LogP contribution in [0.15, 0.2) is 4.60 Å². The van der Waals surface area contributed by atoms with Crippen LogP contribution in [0.3, 0.4) is 0 Å². The van der Waals surface area contributed by atoms with Crippen LogP contribution in [0.25, 0.3) is 0 Å². The first-order valence-corrected chi connectivity index (χ1v) is 5.21. The molecule has 1 unspecified atom stereocenters. The maximum Gasteiger partial charge on any atom is 0.154 e. The van der Waals surface area contributed by atoms with E-state index < -0.39 is 5.60 Å². The fourth-order valence-electron chi connectivity index (χ4n) is 1.39. The van der Waals surface area contributed by atoms with Crippen LogP contribution < -0.4 is 5.32 Å². The Bertz CT molecular complexity index is 291. The molecule has 1 rings (SSSR count). The lowest BCUT2D eigenvalue weighted by Gasteiger charge is -2.23. The highest BCUT2D eigenvalue weighted by atomic mass is 79.9. The van der Waals surface area contributed by atoms with Crippen LogP contribution in [0.5, 0.6) is 0 Å². The van der Waals surface area contributed by atoms with E-state index in [1.165, 1.54) is 0 Å². The third-order valence-electron chi connectivity index (χ3n) is 2.16. The summed E-state index contributed by atoms with van der Waals surface area (Å²) >= 11 is 3.27. The highest BCUT2D eigenvalue weighted by Gasteiger charge is 2.29. The molecule has 0 spiro atoms. The molecule has 0 aliphatic rings. The molecule has 0 aromatic carbocycles. The van der Waals surface area contributed by atoms with Gasteiger partial charge in [-0.3, -0.25) is 0 Å². The Hall–Kier alpha value is -0.460. The molecule has 0 saturated carbocycles. The summed E-state index contributed by atoms with van der Waals surface area (Å²) in [5, 5.41) is 20.9. The summed E-state index contributed by atoms with van der Waals surface area (Å²) in [6.07, 6.45) is 0.614. The first kappa shape index (κ1) is 11.6. The lowest BCUT2D eigenvalue weighted by atomic mass is 9.99. The van der Waals surface area contributed by atoms with E-state index in [0.717, 1.165) is 6.54 Å². The van der Waals surface area contributed by atoms with Gasteiger partial charge in [0.2, 0.25) is 0 Å². The number of rotatable bonds is 4. The molecule has 5 nitrogen and oxygen atoms in total. The maximum atomic E-state index is 10.2. The number of aliphatic hydroxyl groups is 1. The molecule has 6 heteroatoms. The minimum atomic E-state index is -0.917. The molecule has 0 saturated heterocycles. The Morgan fingerprint density at radius 3 is 2.71 bits per heavy atom. The summed E-state index contributed by atoms with van der Waals surface area (Å²) < 4.78 is 2.18. The molecule has 80 valence electrons. The molecule has 0 bridgehead atoms. The van der Waals surface area contributed by atoms with Crippen LogP contribution in [0, 0.1) is 0 Å². The van der Waals surface area contributed by atoms with E-state index in [9.17, 15) is 5.11 Å². The Balaban J connectivity index is 2.90. The molecule has 0 aliphatic carbocycles. The van der Waals surface area contributed by atoms with Crippen molar-refractivity contribution in [3.8, 4) is 0 Å². The van der Waals surface area contributed by atoms with Gasteiger partial charge in [0, 0.05) is 7.05 Å². The van der Waals surface area contributed by atoms with Crippen molar-refractivity contribution in [2.75, 3.05) is 13.6 Å². The highest BCUT2D eigenvalue weighted by Crippen LogP contribution is 2.28. The fourth-order valence-corrected chi connectivity index (χ4v) is 2.14. The van der Waals surface area contributed by atoms with Crippen molar-refractivity contribution in [1.82, 2.24) is 20.3 Å². The van der Waals surface area contributed by atoms with Gasteiger partial charge >= 0.3 is 0 Å². The van der Waals surface area contributed by atoms with Crippen LogP contribution in [0.1, 0.15) is 19.0 Å². The van der Waals surface area contributed by atoms with Gasteiger partial charge in [-0.05, 0) is 42.9 Å². The second-order valence-corrected chi connectivity index (χ2v) is 4.23. The predicted molar refractivity (Wildman–Crippen MR) is 56.8 cm³/mol. The molecular weight excluding hydrogens is 248 g/mol. The van der Waals surface area contributed by atoms with Gasteiger partial charge in [-0.15, -0.1) is 5.10 Å². The van der Waals surface area contributed by atoms with Crippen molar-refractivity contribution in [1.29, 1.82) is 0 Å². The van der Waals surface area contributed by atoms with Gasteiger partial charge in [0.15, 0.2) is 4.60 Å². The summed E-state index contributed by atoms with van der Waals surface area (Å²) in [5.41, 5.74) is -0.215. The van der Waals surface area contributed by atoms with Crippen molar-refractivity contribution in [2.24, 2.45) is 7.05 Å². The third kappa shape index (κ3) is 2.31. The maximum absolute atomic E-state index is 10.2. The Morgan fingerprint density at radius 2 is 2.29 bits per heavy atom. The Morgan fingerprint density at radius 1 is 1.64 bits per heavy atom. The monoisotopic (exact) mass is 262 g/mol. The number of nitrogens with zero attached hydrogens (tertiary/aromatic N) is 3. The van der Waals surface area contributed by atoms with Gasteiger partial charge in [0.05, 0.1) is 0 Å². The van der Waals surface area contributed by atoms with Crippen molar-refractivity contribution in [3.63, 3.8) is 0 Å². The van der Waals surface area contributed by atoms with E-state index in [1.54, 1.807) is 18.7 Å². The molecule has 0 amide bonds. The standard InChI is InChI=1S/C8H15BrN4O/c1-8(14,4-5-10-2)6-7(9)11-12-13(6)3/h10,14H,4-5H2,1-3H3. The second kappa shape index (κ2) is 4.37. The lowest BCUT2D eigenvalue weighted by Crippen LogP contribution is -2.29. The molecular formula is C8H15BrN4O. The van der Waals surface area contributed by atoms with Gasteiger partial charge in [-0.1, -0.05) is 5.21 Å². The highest BCUT2D eigenvalue weighted by molar-refractivity contribution is 9.10. The van der Waals surface area contributed by atoms with Gasteiger partial charge in [-0.2, -0.15) is 0 Å². The normalized spacial score (nSPS) is 15.5. The zero-order chi connectivity index (χ0) is 10.8. The quantitative estimate of drug-likeness (QED) is 0.825. The van der Waals surface area contributed by atoms with Crippen molar-refractivity contribution >= 4 is 15.9 Å². The van der Waals surface area contributed by atoms with Crippen LogP contribution in [-0.2, 0) is 12.6 Å². The Labute approximate surface area is 91.6 Å². The first-order valence-electron chi connectivity index (χ1n) is 4.41. The lowest BCUT2D eigenvalue weighted by molar-refractivity contribution is 0.0394. The topological polar surface area (TPSA) is 63.0 Å². The molecule has 0 radical (unpaired) electrons. The Kier molecular flexibility index (Phi) is 3.63. The van der Waals surface area contributed by atoms with E-state index in [0.29, 0.717) is 16.7 Å². The smallest absolute Gasteiger partial charge is 0.154 e. The van der Waals surface area contributed by atoms with Crippen LogP contribution in [0.4, 0.5) is 0 Å². The molecule has 1 heterocycles. The van der Waals surface area contributed by atoms with Crippen LogP contribution in [-0.4, -0.2) is 33.7 Å². The van der Waals surface area contributed by atoms with Gasteiger partial charge in [-0.25, -0.2) is 4.68 Å². The van der Waals surface area contributed by atoms with Crippen LogP contribution in [0.2, 0.25) is 0 Å². The average molecular weight is 263 g/mol. The van der Waals surface area contributed by atoms with Gasteiger partial charge in [0.25, 0.3) is 0 Å². The minimum Gasteiger partial charge on any atom is -0.384 e.